The van der Waals surface area contributed by atoms with Crippen LogP contribution in [0.5, 0.6) is 0 Å². The van der Waals surface area contributed by atoms with Gasteiger partial charge in [-0.15, -0.1) is 0 Å². The highest BCUT2D eigenvalue weighted by atomic mass is 16.5. The van der Waals surface area contributed by atoms with Gasteiger partial charge in [-0.25, -0.2) is 0 Å². The van der Waals surface area contributed by atoms with Gasteiger partial charge in [0.05, 0.1) is 6.42 Å². The van der Waals surface area contributed by atoms with Gasteiger partial charge in [0, 0.05) is 29.1 Å². The summed E-state index contributed by atoms with van der Waals surface area (Å²) in [7, 11) is 0. The molecular weight excluding hydrogens is 392 g/mol. The minimum absolute atomic E-state index is 0.0226. The zero-order valence-corrected chi connectivity index (χ0v) is 18.4. The fourth-order valence-electron chi connectivity index (χ4n) is 3.38. The maximum atomic E-state index is 12.5. The van der Waals surface area contributed by atoms with E-state index >= 15 is 0 Å². The highest BCUT2D eigenvalue weighted by Gasteiger charge is 2.31. The fraction of sp³-hybridized carbons (Fsp3) is 0.320. The Balaban J connectivity index is 1.50. The topological polar surface area (TPSA) is 75.7 Å². The number of esters is 1. The number of nitrogens with one attached hydrogen (secondary N) is 1. The van der Waals surface area contributed by atoms with Crippen molar-refractivity contribution in [2.75, 3.05) is 11.9 Å². The first-order valence-corrected chi connectivity index (χ1v) is 10.3. The fourth-order valence-corrected chi connectivity index (χ4v) is 3.38. The number of anilines is 1. The van der Waals surface area contributed by atoms with Gasteiger partial charge in [-0.3, -0.25) is 14.4 Å². The van der Waals surface area contributed by atoms with Crippen LogP contribution < -0.4 is 5.32 Å². The molecule has 2 amide bonds. The molecule has 0 spiro atoms. The van der Waals surface area contributed by atoms with Crippen molar-refractivity contribution >= 4 is 29.2 Å². The maximum Gasteiger partial charge on any atom is 0.308 e. The maximum absolute atomic E-state index is 12.5. The molecule has 1 unspecified atom stereocenters. The van der Waals surface area contributed by atoms with E-state index in [1.165, 1.54) is 11.8 Å². The van der Waals surface area contributed by atoms with Crippen LogP contribution in [0.2, 0.25) is 0 Å². The average molecular weight is 421 g/mol. The molecule has 1 heterocycles. The Morgan fingerprint density at radius 1 is 1.06 bits per heavy atom. The standard InChI is InChI=1S/C25H28N2O4/c1-16-20-8-6-7-9-21(20)24(30)27(16)15-14-22(28)31-17(2)23(29)26-19-12-10-18(11-13-19)25(3,4)5/h6-13,17H,1,14-15H2,2-5H3,(H,26,29). The Labute approximate surface area is 182 Å². The van der Waals surface area contributed by atoms with E-state index < -0.39 is 18.0 Å². The second-order valence-electron chi connectivity index (χ2n) is 8.65. The number of benzene rings is 2. The number of nitrogens with zero attached hydrogens (tertiary/aromatic N) is 1. The summed E-state index contributed by atoms with van der Waals surface area (Å²) in [6.07, 6.45) is -0.985. The van der Waals surface area contributed by atoms with Crippen LogP contribution in [-0.2, 0) is 19.7 Å². The summed E-state index contributed by atoms with van der Waals surface area (Å²) in [6.45, 7) is 12.0. The van der Waals surface area contributed by atoms with Gasteiger partial charge in [0.1, 0.15) is 0 Å². The van der Waals surface area contributed by atoms with Gasteiger partial charge < -0.3 is 15.0 Å². The summed E-state index contributed by atoms with van der Waals surface area (Å²) >= 11 is 0. The van der Waals surface area contributed by atoms with Gasteiger partial charge in [-0.1, -0.05) is 57.7 Å². The SMILES string of the molecule is C=C1c2ccccc2C(=O)N1CCC(=O)OC(C)C(=O)Nc1ccc(C(C)(C)C)cc1. The third-order valence-corrected chi connectivity index (χ3v) is 5.27. The molecule has 0 radical (unpaired) electrons. The van der Waals surface area contributed by atoms with E-state index in [-0.39, 0.29) is 24.3 Å². The molecule has 0 saturated heterocycles. The van der Waals surface area contributed by atoms with Gasteiger partial charge in [0.2, 0.25) is 0 Å². The number of amides is 2. The first kappa shape index (κ1) is 22.3. The van der Waals surface area contributed by atoms with E-state index in [9.17, 15) is 14.4 Å². The van der Waals surface area contributed by atoms with Crippen molar-refractivity contribution in [3.05, 3.63) is 71.8 Å². The Morgan fingerprint density at radius 2 is 1.68 bits per heavy atom. The van der Waals surface area contributed by atoms with Gasteiger partial charge in [-0.2, -0.15) is 0 Å². The van der Waals surface area contributed by atoms with Crippen LogP contribution in [0.1, 0.15) is 55.6 Å². The minimum atomic E-state index is -0.954. The lowest BCUT2D eigenvalue weighted by Crippen LogP contribution is -2.32. The molecule has 1 N–H and O–H groups in total. The molecule has 0 aromatic heterocycles. The highest BCUT2D eigenvalue weighted by molar-refractivity contribution is 6.08. The van der Waals surface area contributed by atoms with Gasteiger partial charge in [-0.05, 0) is 36.1 Å². The number of hydrogen-bond donors (Lipinski definition) is 1. The molecule has 3 rings (SSSR count). The van der Waals surface area contributed by atoms with E-state index in [1.54, 1.807) is 12.1 Å². The van der Waals surface area contributed by atoms with E-state index in [0.29, 0.717) is 16.9 Å². The lowest BCUT2D eigenvalue weighted by molar-refractivity contribution is -0.153. The Morgan fingerprint density at radius 3 is 2.26 bits per heavy atom. The summed E-state index contributed by atoms with van der Waals surface area (Å²) < 4.78 is 5.25. The first-order chi connectivity index (χ1) is 14.6. The number of carbonyl (C=O) groups excluding carboxylic acids is 3. The van der Waals surface area contributed by atoms with Crippen molar-refractivity contribution in [3.63, 3.8) is 0 Å². The Hall–Kier alpha value is -3.41. The zero-order valence-electron chi connectivity index (χ0n) is 18.4. The van der Waals surface area contributed by atoms with Crippen LogP contribution in [0.3, 0.4) is 0 Å². The molecule has 1 aliphatic rings. The summed E-state index contributed by atoms with van der Waals surface area (Å²) in [5.74, 6) is -1.15. The van der Waals surface area contributed by atoms with Crippen molar-refractivity contribution in [1.82, 2.24) is 4.90 Å². The zero-order chi connectivity index (χ0) is 22.8. The van der Waals surface area contributed by atoms with Crippen LogP contribution in [0.15, 0.2) is 55.1 Å². The molecule has 0 fully saturated rings. The van der Waals surface area contributed by atoms with E-state index in [4.69, 9.17) is 4.74 Å². The average Bonchev–Trinajstić information content (AvgIpc) is 2.96. The molecule has 2 aromatic rings. The lowest BCUT2D eigenvalue weighted by Gasteiger charge is -2.20. The first-order valence-electron chi connectivity index (χ1n) is 10.3. The second kappa shape index (κ2) is 8.76. The Bertz CT molecular complexity index is 984. The molecule has 6 heteroatoms. The summed E-state index contributed by atoms with van der Waals surface area (Å²) in [4.78, 5) is 38.6. The third-order valence-electron chi connectivity index (χ3n) is 5.27. The van der Waals surface area contributed by atoms with Gasteiger partial charge in [0.25, 0.3) is 11.8 Å². The van der Waals surface area contributed by atoms with Crippen LogP contribution in [0.4, 0.5) is 5.69 Å². The molecule has 2 aromatic carbocycles. The molecule has 31 heavy (non-hydrogen) atoms. The van der Waals surface area contributed by atoms with Crippen molar-refractivity contribution in [2.45, 2.75) is 45.6 Å². The third kappa shape index (κ3) is 5.02. The molecule has 162 valence electrons. The molecule has 6 nitrogen and oxygen atoms in total. The lowest BCUT2D eigenvalue weighted by atomic mass is 9.87. The molecule has 0 bridgehead atoms. The molecule has 1 atom stereocenters. The van der Waals surface area contributed by atoms with Crippen molar-refractivity contribution in [2.24, 2.45) is 0 Å². The van der Waals surface area contributed by atoms with Crippen LogP contribution >= 0.6 is 0 Å². The molecule has 0 aliphatic carbocycles. The van der Waals surface area contributed by atoms with Crippen molar-refractivity contribution in [1.29, 1.82) is 0 Å². The van der Waals surface area contributed by atoms with E-state index in [1.807, 2.05) is 36.4 Å². The smallest absolute Gasteiger partial charge is 0.308 e. The summed E-state index contributed by atoms with van der Waals surface area (Å²) in [5, 5.41) is 2.75. The molecular formula is C25H28N2O4. The van der Waals surface area contributed by atoms with Gasteiger partial charge in [0.15, 0.2) is 6.10 Å². The van der Waals surface area contributed by atoms with E-state index in [0.717, 1.165) is 11.1 Å². The molecule has 1 aliphatic heterocycles. The number of ether oxygens (including phenoxy) is 1. The molecule has 0 saturated carbocycles. The van der Waals surface area contributed by atoms with Crippen molar-refractivity contribution in [3.8, 4) is 0 Å². The van der Waals surface area contributed by atoms with Crippen LogP contribution in [-0.4, -0.2) is 35.3 Å². The van der Waals surface area contributed by atoms with Crippen molar-refractivity contribution < 1.29 is 19.1 Å². The number of fused-ring (bicyclic) bond motifs is 1. The van der Waals surface area contributed by atoms with Crippen LogP contribution in [0.25, 0.3) is 5.70 Å². The highest BCUT2D eigenvalue weighted by Crippen LogP contribution is 2.31. The predicted molar refractivity (Wildman–Crippen MR) is 120 cm³/mol. The summed E-state index contributed by atoms with van der Waals surface area (Å²) in [6, 6.07) is 14.8. The van der Waals surface area contributed by atoms with E-state index in [2.05, 4.69) is 32.7 Å². The second-order valence-corrected chi connectivity index (χ2v) is 8.65. The summed E-state index contributed by atoms with van der Waals surface area (Å²) in [5.41, 5.74) is 3.73. The number of rotatable bonds is 6. The normalized spacial score (nSPS) is 14.3. The number of hydrogen-bond acceptors (Lipinski definition) is 4. The van der Waals surface area contributed by atoms with Gasteiger partial charge >= 0.3 is 5.97 Å². The number of carbonyl (C=O) groups is 3. The quantitative estimate of drug-likeness (QED) is 0.704. The van der Waals surface area contributed by atoms with Crippen LogP contribution in [0, 0.1) is 0 Å². The largest absolute Gasteiger partial charge is 0.452 e. The minimum Gasteiger partial charge on any atom is -0.452 e. The monoisotopic (exact) mass is 420 g/mol. The predicted octanol–water partition coefficient (Wildman–Crippen LogP) is 4.37. The Kier molecular flexibility index (Phi) is 6.29.